The van der Waals surface area contributed by atoms with Crippen molar-refractivity contribution in [2.24, 2.45) is 0 Å². The fourth-order valence-electron chi connectivity index (χ4n) is 2.15. The Labute approximate surface area is 110 Å². The van der Waals surface area contributed by atoms with Crippen LogP contribution >= 0.6 is 11.6 Å². The van der Waals surface area contributed by atoms with Gasteiger partial charge in [0.05, 0.1) is 12.2 Å². The minimum absolute atomic E-state index is 0.0228. The number of halogens is 1. The molecule has 2 nitrogen and oxygen atoms in total. The molecule has 90 valence electrons. The van der Waals surface area contributed by atoms with E-state index in [1.54, 1.807) is 30.3 Å². The number of para-hydroxylation sites is 1. The summed E-state index contributed by atoms with van der Waals surface area (Å²) in [5.74, 6) is 0.711. The highest BCUT2D eigenvalue weighted by molar-refractivity contribution is 6.30. The molecule has 0 unspecified atom stereocenters. The van der Waals surface area contributed by atoms with Gasteiger partial charge in [0.2, 0.25) is 0 Å². The number of hydrogen-bond donors (Lipinski definition) is 0. The van der Waals surface area contributed by atoms with Gasteiger partial charge in [-0.2, -0.15) is 0 Å². The maximum absolute atomic E-state index is 12.4. The maximum atomic E-state index is 12.4. The zero-order valence-corrected chi connectivity index (χ0v) is 10.4. The van der Waals surface area contributed by atoms with E-state index in [9.17, 15) is 4.79 Å². The second-order valence-electron chi connectivity index (χ2n) is 4.23. The molecule has 2 aromatic rings. The number of carbonyl (C=O) groups excluding carboxylic acids is 1. The maximum Gasteiger partial charge on any atom is 0.196 e. The van der Waals surface area contributed by atoms with Gasteiger partial charge in [-0.3, -0.25) is 4.79 Å². The first-order valence-corrected chi connectivity index (χ1v) is 6.18. The Hall–Kier alpha value is -1.80. The lowest BCUT2D eigenvalue weighted by Gasteiger charge is -2.07. The van der Waals surface area contributed by atoms with E-state index in [2.05, 4.69) is 0 Å². The third-order valence-electron chi connectivity index (χ3n) is 3.07. The van der Waals surface area contributed by atoms with E-state index < -0.39 is 0 Å². The van der Waals surface area contributed by atoms with E-state index in [1.165, 1.54) is 0 Å². The molecule has 0 bridgehead atoms. The summed E-state index contributed by atoms with van der Waals surface area (Å²) in [7, 11) is 0. The van der Waals surface area contributed by atoms with Crippen LogP contribution in [0.5, 0.6) is 5.75 Å². The third-order valence-corrected chi connectivity index (χ3v) is 3.32. The van der Waals surface area contributed by atoms with Crippen LogP contribution in [0.4, 0.5) is 0 Å². The van der Waals surface area contributed by atoms with Gasteiger partial charge in [0.25, 0.3) is 0 Å². The van der Waals surface area contributed by atoms with Crippen LogP contribution in [-0.4, -0.2) is 12.4 Å². The molecule has 0 amide bonds. The first-order chi connectivity index (χ1) is 8.75. The van der Waals surface area contributed by atoms with Crippen LogP contribution in [0.2, 0.25) is 5.02 Å². The molecule has 0 saturated carbocycles. The van der Waals surface area contributed by atoms with E-state index in [4.69, 9.17) is 16.3 Å². The summed E-state index contributed by atoms with van der Waals surface area (Å²) in [6.45, 7) is 0.653. The molecular formula is C15H11ClO2. The molecule has 0 aliphatic carbocycles. The van der Waals surface area contributed by atoms with Gasteiger partial charge in [-0.15, -0.1) is 0 Å². The van der Waals surface area contributed by atoms with Crippen LogP contribution in [0.1, 0.15) is 21.5 Å². The zero-order chi connectivity index (χ0) is 12.5. The van der Waals surface area contributed by atoms with Crippen molar-refractivity contribution in [1.29, 1.82) is 0 Å². The Morgan fingerprint density at radius 1 is 1.11 bits per heavy atom. The molecular weight excluding hydrogens is 248 g/mol. The fourth-order valence-corrected chi connectivity index (χ4v) is 2.28. The molecule has 0 radical (unpaired) electrons. The number of fused-ring (bicyclic) bond motifs is 1. The lowest BCUT2D eigenvalue weighted by atomic mass is 10.00. The van der Waals surface area contributed by atoms with E-state index in [0.717, 1.165) is 17.7 Å². The summed E-state index contributed by atoms with van der Waals surface area (Å²) in [5.41, 5.74) is 2.37. The molecule has 0 atom stereocenters. The Morgan fingerprint density at radius 3 is 2.67 bits per heavy atom. The second kappa shape index (κ2) is 4.46. The second-order valence-corrected chi connectivity index (χ2v) is 4.66. The normalized spacial score (nSPS) is 12.9. The van der Waals surface area contributed by atoms with Crippen molar-refractivity contribution in [2.75, 3.05) is 6.61 Å². The highest BCUT2D eigenvalue weighted by Gasteiger charge is 2.21. The van der Waals surface area contributed by atoms with Crippen molar-refractivity contribution >= 4 is 17.4 Å². The highest BCUT2D eigenvalue weighted by Crippen LogP contribution is 2.31. The van der Waals surface area contributed by atoms with Crippen LogP contribution in [-0.2, 0) is 6.42 Å². The van der Waals surface area contributed by atoms with Crippen molar-refractivity contribution < 1.29 is 9.53 Å². The summed E-state index contributed by atoms with van der Waals surface area (Å²) in [6.07, 6.45) is 0.872. The Morgan fingerprint density at radius 2 is 1.89 bits per heavy atom. The predicted octanol–water partition coefficient (Wildman–Crippen LogP) is 3.51. The molecule has 1 aliphatic heterocycles. The molecule has 0 fully saturated rings. The summed E-state index contributed by atoms with van der Waals surface area (Å²) >= 11 is 5.82. The van der Waals surface area contributed by atoms with Crippen LogP contribution in [0, 0.1) is 0 Å². The molecule has 0 aromatic heterocycles. The predicted molar refractivity (Wildman–Crippen MR) is 70.5 cm³/mol. The SMILES string of the molecule is O=C(c1ccc(Cl)cc1)c1cccc2c1OCC2. The molecule has 3 heteroatoms. The van der Waals surface area contributed by atoms with Crippen molar-refractivity contribution in [2.45, 2.75) is 6.42 Å². The number of benzene rings is 2. The Balaban J connectivity index is 2.03. The highest BCUT2D eigenvalue weighted by atomic mass is 35.5. The van der Waals surface area contributed by atoms with Crippen LogP contribution in [0.25, 0.3) is 0 Å². The lowest BCUT2D eigenvalue weighted by Crippen LogP contribution is -2.03. The lowest BCUT2D eigenvalue weighted by molar-refractivity contribution is 0.103. The van der Waals surface area contributed by atoms with Crippen LogP contribution in [0.15, 0.2) is 42.5 Å². The molecule has 2 aromatic carbocycles. The van der Waals surface area contributed by atoms with Crippen molar-refractivity contribution in [3.63, 3.8) is 0 Å². The van der Waals surface area contributed by atoms with Gasteiger partial charge in [-0.25, -0.2) is 0 Å². The number of ketones is 1. The van der Waals surface area contributed by atoms with E-state index in [-0.39, 0.29) is 5.78 Å². The summed E-state index contributed by atoms with van der Waals surface area (Å²) in [4.78, 5) is 12.4. The number of ether oxygens (including phenoxy) is 1. The first kappa shape index (κ1) is 11.3. The third kappa shape index (κ3) is 1.89. The van der Waals surface area contributed by atoms with E-state index in [1.807, 2.05) is 12.1 Å². The Kier molecular flexibility index (Phi) is 2.80. The summed E-state index contributed by atoms with van der Waals surface area (Å²) in [6, 6.07) is 12.6. The van der Waals surface area contributed by atoms with Gasteiger partial charge < -0.3 is 4.74 Å². The van der Waals surface area contributed by atoms with Crippen molar-refractivity contribution in [3.05, 3.63) is 64.2 Å². The topological polar surface area (TPSA) is 26.3 Å². The monoisotopic (exact) mass is 258 g/mol. The average Bonchev–Trinajstić information content (AvgIpc) is 2.87. The molecule has 18 heavy (non-hydrogen) atoms. The number of carbonyl (C=O) groups is 1. The van der Waals surface area contributed by atoms with E-state index in [0.29, 0.717) is 22.8 Å². The molecule has 0 saturated heterocycles. The number of hydrogen-bond acceptors (Lipinski definition) is 2. The minimum atomic E-state index is -0.0228. The molecule has 1 aliphatic rings. The van der Waals surface area contributed by atoms with Crippen LogP contribution < -0.4 is 4.74 Å². The largest absolute Gasteiger partial charge is 0.492 e. The van der Waals surface area contributed by atoms with E-state index >= 15 is 0 Å². The summed E-state index contributed by atoms with van der Waals surface area (Å²) < 4.78 is 5.55. The smallest absolute Gasteiger partial charge is 0.196 e. The van der Waals surface area contributed by atoms with Crippen molar-refractivity contribution in [1.82, 2.24) is 0 Å². The average molecular weight is 259 g/mol. The zero-order valence-electron chi connectivity index (χ0n) is 9.65. The molecule has 0 N–H and O–H groups in total. The fraction of sp³-hybridized carbons (Fsp3) is 0.133. The Bertz CT molecular complexity index is 602. The van der Waals surface area contributed by atoms with Crippen molar-refractivity contribution in [3.8, 4) is 5.75 Å². The molecule has 1 heterocycles. The summed E-state index contributed by atoms with van der Waals surface area (Å²) in [5, 5.41) is 0.626. The minimum Gasteiger partial charge on any atom is -0.492 e. The van der Waals surface area contributed by atoms with Gasteiger partial charge in [0.1, 0.15) is 5.75 Å². The van der Waals surface area contributed by atoms with Gasteiger partial charge in [-0.1, -0.05) is 23.7 Å². The van der Waals surface area contributed by atoms with Gasteiger partial charge in [0.15, 0.2) is 5.78 Å². The van der Waals surface area contributed by atoms with Gasteiger partial charge >= 0.3 is 0 Å². The number of rotatable bonds is 2. The van der Waals surface area contributed by atoms with Gasteiger partial charge in [-0.05, 0) is 35.9 Å². The molecule has 0 spiro atoms. The molecule has 3 rings (SSSR count). The standard InChI is InChI=1S/C15H11ClO2/c16-12-6-4-10(5-7-12)14(17)13-3-1-2-11-8-9-18-15(11)13/h1-7H,8-9H2. The van der Waals surface area contributed by atoms with Gasteiger partial charge in [0, 0.05) is 17.0 Å². The van der Waals surface area contributed by atoms with Crippen LogP contribution in [0.3, 0.4) is 0 Å². The quantitative estimate of drug-likeness (QED) is 0.771. The first-order valence-electron chi connectivity index (χ1n) is 5.80.